The zero-order valence-electron chi connectivity index (χ0n) is 9.11. The molecule has 0 amide bonds. The van der Waals surface area contributed by atoms with Gasteiger partial charge in [-0.25, -0.2) is 0 Å². The van der Waals surface area contributed by atoms with Gasteiger partial charge in [-0.15, -0.1) is 0 Å². The van der Waals surface area contributed by atoms with E-state index in [4.69, 9.17) is 0 Å². The van der Waals surface area contributed by atoms with Gasteiger partial charge >= 0.3 is 0 Å². The summed E-state index contributed by atoms with van der Waals surface area (Å²) in [7, 11) is 0. The maximum absolute atomic E-state index is 3.34. The van der Waals surface area contributed by atoms with Gasteiger partial charge in [0.05, 0.1) is 12.2 Å². The minimum absolute atomic E-state index is 0.902. The van der Waals surface area contributed by atoms with Gasteiger partial charge in [0, 0.05) is 24.9 Å². The molecule has 1 aliphatic carbocycles. The van der Waals surface area contributed by atoms with E-state index in [1.807, 2.05) is 42.5 Å². The van der Waals surface area contributed by atoms with Crippen LogP contribution in [0.3, 0.4) is 0 Å². The summed E-state index contributed by atoms with van der Waals surface area (Å²) in [6.45, 7) is 1.81. The Kier molecular flexibility index (Phi) is 3.75. The highest BCUT2D eigenvalue weighted by Crippen LogP contribution is 2.03. The van der Waals surface area contributed by atoms with Gasteiger partial charge < -0.3 is 10.6 Å². The third-order valence-electron chi connectivity index (χ3n) is 2.28. The first-order valence-corrected chi connectivity index (χ1v) is 5.44. The molecule has 2 nitrogen and oxygen atoms in total. The Morgan fingerprint density at radius 1 is 1.00 bits per heavy atom. The number of benzene rings is 1. The van der Waals surface area contributed by atoms with E-state index < -0.39 is 0 Å². The van der Waals surface area contributed by atoms with E-state index in [0.717, 1.165) is 24.5 Å². The van der Waals surface area contributed by atoms with Gasteiger partial charge in [-0.3, -0.25) is 0 Å². The molecular weight excluding hydrogens is 196 g/mol. The Bertz CT molecular complexity index is 402. The van der Waals surface area contributed by atoms with Gasteiger partial charge in [-0.1, -0.05) is 18.2 Å². The van der Waals surface area contributed by atoms with Crippen molar-refractivity contribution in [3.63, 3.8) is 0 Å². The molecule has 0 heterocycles. The largest absolute Gasteiger partial charge is 0.383 e. The molecule has 0 fully saturated rings. The Balaban J connectivity index is 1.68. The van der Waals surface area contributed by atoms with E-state index in [1.54, 1.807) is 0 Å². The molecule has 0 saturated carbocycles. The summed E-state index contributed by atoms with van der Waals surface area (Å²) < 4.78 is 0. The molecular formula is C14H15N2+. The van der Waals surface area contributed by atoms with Crippen LogP contribution in [0.5, 0.6) is 0 Å². The van der Waals surface area contributed by atoms with Crippen LogP contribution < -0.4 is 10.6 Å². The monoisotopic (exact) mass is 211 g/mol. The lowest BCUT2D eigenvalue weighted by atomic mass is 10.2. The molecule has 0 unspecified atom stereocenters. The lowest BCUT2D eigenvalue weighted by molar-refractivity contribution is 0.836. The van der Waals surface area contributed by atoms with Crippen molar-refractivity contribution in [1.29, 1.82) is 0 Å². The number of rotatable bonds is 5. The molecule has 16 heavy (non-hydrogen) atoms. The van der Waals surface area contributed by atoms with Gasteiger partial charge in [-0.2, -0.15) is 0 Å². The molecule has 2 heteroatoms. The highest BCUT2D eigenvalue weighted by Gasteiger charge is 1.99. The van der Waals surface area contributed by atoms with Crippen molar-refractivity contribution < 1.29 is 0 Å². The molecule has 0 saturated heterocycles. The molecule has 0 aromatic heterocycles. The van der Waals surface area contributed by atoms with Crippen LogP contribution in [0.2, 0.25) is 0 Å². The molecule has 2 rings (SSSR count). The van der Waals surface area contributed by atoms with E-state index in [-0.39, 0.29) is 0 Å². The quantitative estimate of drug-likeness (QED) is 0.577. The van der Waals surface area contributed by atoms with E-state index in [2.05, 4.69) is 28.8 Å². The molecule has 1 aliphatic rings. The molecule has 80 valence electrons. The Hall–Kier alpha value is -2.05. The summed E-state index contributed by atoms with van der Waals surface area (Å²) in [5.74, 6) is 0. The zero-order chi connectivity index (χ0) is 11.1. The zero-order valence-corrected chi connectivity index (χ0v) is 9.11. The molecule has 1 aromatic carbocycles. The number of nitrogens with one attached hydrogen (secondary N) is 2. The summed E-state index contributed by atoms with van der Waals surface area (Å²) in [5, 5.41) is 6.68. The van der Waals surface area contributed by atoms with E-state index in [1.165, 1.54) is 0 Å². The predicted octanol–water partition coefficient (Wildman–Crippen LogP) is 2.50. The number of hydrogen-bond acceptors (Lipinski definition) is 2. The van der Waals surface area contributed by atoms with Crippen molar-refractivity contribution in [3.8, 4) is 0 Å². The fourth-order valence-electron chi connectivity index (χ4n) is 1.47. The standard InChI is InChI=1S/C14H15N2/c1-3-7-13(8-4-1)15-11-12-16-14-9-5-2-6-10-14/h1,3-10,15-16H,11-12H2/q+1. The fraction of sp³-hybridized carbons (Fsp3) is 0.143. The second-order valence-corrected chi connectivity index (χ2v) is 3.51. The van der Waals surface area contributed by atoms with Crippen LogP contribution in [-0.2, 0) is 0 Å². The second-order valence-electron chi connectivity index (χ2n) is 3.51. The molecule has 1 aromatic rings. The van der Waals surface area contributed by atoms with E-state index >= 15 is 0 Å². The number of hydrogen-bond donors (Lipinski definition) is 2. The minimum Gasteiger partial charge on any atom is -0.383 e. The van der Waals surface area contributed by atoms with Crippen LogP contribution in [0, 0.1) is 6.08 Å². The molecule has 0 radical (unpaired) electrons. The van der Waals surface area contributed by atoms with E-state index in [9.17, 15) is 0 Å². The minimum atomic E-state index is 0.902. The number of anilines is 1. The van der Waals surface area contributed by atoms with Gasteiger partial charge in [-0.05, 0) is 12.1 Å². The lowest BCUT2D eigenvalue weighted by Crippen LogP contribution is -2.21. The maximum atomic E-state index is 3.34. The van der Waals surface area contributed by atoms with Crippen LogP contribution >= 0.6 is 0 Å². The lowest BCUT2D eigenvalue weighted by Gasteiger charge is -2.07. The molecule has 0 spiro atoms. The number of para-hydroxylation sites is 1. The highest BCUT2D eigenvalue weighted by atomic mass is 14.9. The van der Waals surface area contributed by atoms with Crippen molar-refractivity contribution >= 4 is 5.69 Å². The summed E-state index contributed by atoms with van der Waals surface area (Å²) in [5.41, 5.74) is 2.29. The Morgan fingerprint density at radius 3 is 2.56 bits per heavy atom. The number of allylic oxidation sites excluding steroid dienone is 5. The Morgan fingerprint density at radius 2 is 1.81 bits per heavy atom. The highest BCUT2D eigenvalue weighted by molar-refractivity contribution is 5.42. The van der Waals surface area contributed by atoms with Crippen LogP contribution in [-0.4, -0.2) is 13.1 Å². The van der Waals surface area contributed by atoms with Crippen molar-refractivity contribution in [1.82, 2.24) is 5.32 Å². The summed E-state index contributed by atoms with van der Waals surface area (Å²) in [6, 6.07) is 10.2. The van der Waals surface area contributed by atoms with Crippen LogP contribution in [0.15, 0.2) is 60.3 Å². The average molecular weight is 211 g/mol. The SMILES string of the molecule is [C+]1=CC=C(NCCNc2ccccc2)C=C1. The molecule has 0 atom stereocenters. The predicted molar refractivity (Wildman–Crippen MR) is 68.0 cm³/mol. The van der Waals surface area contributed by atoms with Gasteiger partial charge in [0.15, 0.2) is 0 Å². The molecule has 2 N–H and O–H groups in total. The normalized spacial score (nSPS) is 12.9. The summed E-state index contributed by atoms with van der Waals surface area (Å²) in [4.78, 5) is 0. The third-order valence-corrected chi connectivity index (χ3v) is 2.28. The van der Waals surface area contributed by atoms with E-state index in [0.29, 0.717) is 0 Å². The maximum Gasteiger partial charge on any atom is 0.148 e. The van der Waals surface area contributed by atoms with Crippen molar-refractivity contribution in [2.24, 2.45) is 0 Å². The summed E-state index contributed by atoms with van der Waals surface area (Å²) in [6.07, 6.45) is 10.8. The average Bonchev–Trinajstić information content (AvgIpc) is 2.37. The van der Waals surface area contributed by atoms with Crippen LogP contribution in [0.25, 0.3) is 0 Å². The fourth-order valence-corrected chi connectivity index (χ4v) is 1.47. The molecule has 0 aliphatic heterocycles. The Labute approximate surface area is 96.4 Å². The third kappa shape index (κ3) is 3.26. The second kappa shape index (κ2) is 5.74. The molecule has 0 bridgehead atoms. The first-order valence-electron chi connectivity index (χ1n) is 5.44. The van der Waals surface area contributed by atoms with Crippen LogP contribution in [0.4, 0.5) is 5.69 Å². The summed E-state index contributed by atoms with van der Waals surface area (Å²) >= 11 is 0. The van der Waals surface area contributed by atoms with Crippen molar-refractivity contribution in [2.45, 2.75) is 0 Å². The van der Waals surface area contributed by atoms with Gasteiger partial charge in [0.1, 0.15) is 17.8 Å². The van der Waals surface area contributed by atoms with Crippen molar-refractivity contribution in [3.05, 3.63) is 66.4 Å². The smallest absolute Gasteiger partial charge is 0.148 e. The topological polar surface area (TPSA) is 24.1 Å². The van der Waals surface area contributed by atoms with Gasteiger partial charge in [0.25, 0.3) is 0 Å². The van der Waals surface area contributed by atoms with Crippen LogP contribution in [0.1, 0.15) is 0 Å². The van der Waals surface area contributed by atoms with Crippen molar-refractivity contribution in [2.75, 3.05) is 18.4 Å². The van der Waals surface area contributed by atoms with Gasteiger partial charge in [0.2, 0.25) is 0 Å². The first-order chi connectivity index (χ1) is 7.95. The first kappa shape index (κ1) is 10.5.